The Balaban J connectivity index is 1.51. The molecular formula is C20H22N4O2S. The van der Waals surface area contributed by atoms with Gasteiger partial charge in [-0.2, -0.15) is 5.10 Å². The van der Waals surface area contributed by atoms with Crippen molar-refractivity contribution in [3.05, 3.63) is 65.6 Å². The molecule has 0 radical (unpaired) electrons. The van der Waals surface area contributed by atoms with Gasteiger partial charge in [0.05, 0.1) is 22.8 Å². The minimum atomic E-state index is -3.57. The lowest BCUT2D eigenvalue weighted by Gasteiger charge is -2.16. The largest absolute Gasteiger partial charge is 0.268 e. The van der Waals surface area contributed by atoms with E-state index >= 15 is 0 Å². The summed E-state index contributed by atoms with van der Waals surface area (Å²) in [5.41, 5.74) is 5.00. The van der Waals surface area contributed by atoms with Gasteiger partial charge in [0.1, 0.15) is 0 Å². The summed E-state index contributed by atoms with van der Waals surface area (Å²) in [5.74, 6) is 0. The third-order valence-corrected chi connectivity index (χ3v) is 6.38. The van der Waals surface area contributed by atoms with E-state index in [1.165, 1.54) is 12.0 Å². The molecule has 1 aromatic carbocycles. The molecule has 0 fully saturated rings. The van der Waals surface area contributed by atoms with Gasteiger partial charge in [-0.05, 0) is 67.1 Å². The van der Waals surface area contributed by atoms with Crippen LogP contribution in [0.3, 0.4) is 0 Å². The quantitative estimate of drug-likeness (QED) is 0.736. The number of nitrogens with zero attached hydrogens (tertiary/aromatic N) is 3. The van der Waals surface area contributed by atoms with Crippen LogP contribution in [0.25, 0.3) is 11.3 Å². The maximum atomic E-state index is 12.7. The van der Waals surface area contributed by atoms with Crippen LogP contribution in [0.1, 0.15) is 29.7 Å². The molecular weight excluding hydrogens is 360 g/mol. The zero-order valence-electron chi connectivity index (χ0n) is 15.2. The molecule has 3 aromatic rings. The maximum absolute atomic E-state index is 12.7. The van der Waals surface area contributed by atoms with Crippen molar-refractivity contribution in [2.45, 2.75) is 37.1 Å². The number of hydrogen-bond donors (Lipinski definition) is 1. The van der Waals surface area contributed by atoms with E-state index in [9.17, 15) is 8.42 Å². The normalized spacial score (nSPS) is 14.1. The highest BCUT2D eigenvalue weighted by Gasteiger charge is 2.18. The van der Waals surface area contributed by atoms with Crippen LogP contribution in [-0.2, 0) is 36.5 Å². The first-order chi connectivity index (χ1) is 13.0. The third kappa shape index (κ3) is 3.79. The Kier molecular flexibility index (Phi) is 4.80. The van der Waals surface area contributed by atoms with E-state index in [4.69, 9.17) is 0 Å². The molecule has 1 aliphatic carbocycles. The molecule has 140 valence electrons. The van der Waals surface area contributed by atoms with Gasteiger partial charge in [0, 0.05) is 25.0 Å². The highest BCUT2D eigenvalue weighted by Crippen LogP contribution is 2.24. The third-order valence-electron chi connectivity index (χ3n) is 4.98. The summed E-state index contributed by atoms with van der Waals surface area (Å²) >= 11 is 0. The van der Waals surface area contributed by atoms with Crippen LogP contribution < -0.4 is 4.72 Å². The molecule has 2 heterocycles. The number of pyridine rings is 1. The molecule has 0 unspecified atom stereocenters. The summed E-state index contributed by atoms with van der Waals surface area (Å²) in [5, 5.41) is 4.42. The highest BCUT2D eigenvalue weighted by molar-refractivity contribution is 7.89. The molecule has 0 atom stereocenters. The standard InChI is InChI=1S/C20H22N4O2S/c1-24-20(16-8-10-21-11-9-16)13-18(23-24)14-22-27(25,26)19-7-6-15-4-2-3-5-17(15)12-19/h6-13,22H,2-5,14H2,1H3. The van der Waals surface area contributed by atoms with Crippen LogP contribution in [0, 0.1) is 0 Å². The first-order valence-electron chi connectivity index (χ1n) is 9.08. The van der Waals surface area contributed by atoms with Crippen LogP contribution in [-0.4, -0.2) is 23.2 Å². The summed E-state index contributed by atoms with van der Waals surface area (Å²) in [6, 6.07) is 11.2. The van der Waals surface area contributed by atoms with Crippen molar-refractivity contribution >= 4 is 10.0 Å². The molecule has 0 spiro atoms. The number of rotatable bonds is 5. The minimum absolute atomic E-state index is 0.151. The minimum Gasteiger partial charge on any atom is -0.268 e. The van der Waals surface area contributed by atoms with E-state index in [2.05, 4.69) is 14.8 Å². The Morgan fingerprint density at radius 3 is 2.56 bits per heavy atom. The summed E-state index contributed by atoms with van der Waals surface area (Å²) in [4.78, 5) is 4.35. The van der Waals surface area contributed by atoms with Gasteiger partial charge in [-0.3, -0.25) is 9.67 Å². The Morgan fingerprint density at radius 1 is 1.04 bits per heavy atom. The van der Waals surface area contributed by atoms with Gasteiger partial charge < -0.3 is 0 Å². The fourth-order valence-electron chi connectivity index (χ4n) is 3.54. The number of sulfonamides is 1. The van der Waals surface area contributed by atoms with E-state index in [0.717, 1.165) is 36.1 Å². The predicted molar refractivity (Wildman–Crippen MR) is 104 cm³/mol. The molecule has 0 aliphatic heterocycles. The van der Waals surface area contributed by atoms with Crippen molar-refractivity contribution in [1.29, 1.82) is 0 Å². The molecule has 0 saturated heterocycles. The average Bonchev–Trinajstić information content (AvgIpc) is 3.07. The number of nitrogens with one attached hydrogen (secondary N) is 1. The van der Waals surface area contributed by atoms with Crippen LogP contribution in [0.15, 0.2) is 53.7 Å². The molecule has 0 saturated carbocycles. The Labute approximate surface area is 159 Å². The van der Waals surface area contributed by atoms with E-state index < -0.39 is 10.0 Å². The Hall–Kier alpha value is -2.51. The van der Waals surface area contributed by atoms with E-state index in [1.807, 2.05) is 37.4 Å². The molecule has 1 aliphatic rings. The van der Waals surface area contributed by atoms with Crippen molar-refractivity contribution in [3.8, 4) is 11.3 Å². The summed E-state index contributed by atoms with van der Waals surface area (Å²) in [6.45, 7) is 0.151. The number of hydrogen-bond acceptors (Lipinski definition) is 4. The summed E-state index contributed by atoms with van der Waals surface area (Å²) in [7, 11) is -1.72. The van der Waals surface area contributed by atoms with Crippen LogP contribution in [0.2, 0.25) is 0 Å². The zero-order valence-corrected chi connectivity index (χ0v) is 16.0. The number of benzene rings is 1. The van der Waals surface area contributed by atoms with Crippen molar-refractivity contribution in [1.82, 2.24) is 19.5 Å². The van der Waals surface area contributed by atoms with Crippen molar-refractivity contribution in [3.63, 3.8) is 0 Å². The van der Waals surface area contributed by atoms with Crippen molar-refractivity contribution in [2.24, 2.45) is 7.05 Å². The highest BCUT2D eigenvalue weighted by atomic mass is 32.2. The number of fused-ring (bicyclic) bond motifs is 1. The first-order valence-corrected chi connectivity index (χ1v) is 10.6. The molecule has 2 aromatic heterocycles. The molecule has 4 rings (SSSR count). The van der Waals surface area contributed by atoms with Crippen LogP contribution in [0.4, 0.5) is 0 Å². The second-order valence-corrected chi connectivity index (χ2v) is 8.61. The van der Waals surface area contributed by atoms with Gasteiger partial charge in [0.2, 0.25) is 10.0 Å². The van der Waals surface area contributed by atoms with Gasteiger partial charge in [-0.15, -0.1) is 0 Å². The SMILES string of the molecule is Cn1nc(CNS(=O)(=O)c2ccc3c(c2)CCCC3)cc1-c1ccncc1. The predicted octanol–water partition coefficient (Wildman–Crippen LogP) is 2.84. The smallest absolute Gasteiger partial charge is 0.240 e. The van der Waals surface area contributed by atoms with Crippen LogP contribution in [0.5, 0.6) is 0 Å². The van der Waals surface area contributed by atoms with Crippen LogP contribution >= 0.6 is 0 Å². The molecule has 1 N–H and O–H groups in total. The Morgan fingerprint density at radius 2 is 1.78 bits per heavy atom. The van der Waals surface area contributed by atoms with Gasteiger partial charge in [0.15, 0.2) is 0 Å². The van der Waals surface area contributed by atoms with E-state index in [0.29, 0.717) is 10.6 Å². The molecule has 27 heavy (non-hydrogen) atoms. The van der Waals surface area contributed by atoms with Gasteiger partial charge >= 0.3 is 0 Å². The van der Waals surface area contributed by atoms with Crippen molar-refractivity contribution < 1.29 is 8.42 Å². The summed E-state index contributed by atoms with van der Waals surface area (Å²) in [6.07, 6.45) is 7.73. The molecule has 7 heteroatoms. The van der Waals surface area contributed by atoms with E-state index in [1.54, 1.807) is 23.1 Å². The molecule has 0 amide bonds. The maximum Gasteiger partial charge on any atom is 0.240 e. The topological polar surface area (TPSA) is 76.9 Å². The lowest BCUT2D eigenvalue weighted by Crippen LogP contribution is -2.24. The fourth-order valence-corrected chi connectivity index (χ4v) is 4.58. The number of aromatic nitrogens is 3. The second kappa shape index (κ2) is 7.25. The Bertz CT molecular complexity index is 1060. The van der Waals surface area contributed by atoms with Crippen molar-refractivity contribution in [2.75, 3.05) is 0 Å². The average molecular weight is 382 g/mol. The monoisotopic (exact) mass is 382 g/mol. The molecule has 6 nitrogen and oxygen atoms in total. The first kappa shape index (κ1) is 17.9. The second-order valence-electron chi connectivity index (χ2n) is 6.84. The summed E-state index contributed by atoms with van der Waals surface area (Å²) < 4.78 is 29.8. The lowest BCUT2D eigenvalue weighted by molar-refractivity contribution is 0.579. The molecule has 0 bridgehead atoms. The van der Waals surface area contributed by atoms with Gasteiger partial charge in [-0.25, -0.2) is 13.1 Å². The number of aryl methyl sites for hydroxylation is 3. The fraction of sp³-hybridized carbons (Fsp3) is 0.300. The van der Waals surface area contributed by atoms with Gasteiger partial charge in [-0.1, -0.05) is 6.07 Å². The lowest BCUT2D eigenvalue weighted by atomic mass is 9.92. The van der Waals surface area contributed by atoms with E-state index in [-0.39, 0.29) is 6.54 Å². The van der Waals surface area contributed by atoms with Gasteiger partial charge in [0.25, 0.3) is 0 Å². The zero-order chi connectivity index (χ0) is 18.9.